The first-order valence-electron chi connectivity index (χ1n) is 23.0. The number of piperidine rings is 1. The van der Waals surface area contributed by atoms with E-state index in [2.05, 4.69) is 41.4 Å². The van der Waals surface area contributed by atoms with Crippen molar-refractivity contribution in [3.05, 3.63) is 113 Å². The summed E-state index contributed by atoms with van der Waals surface area (Å²) in [5.41, 5.74) is 4.58. The predicted molar refractivity (Wildman–Crippen MR) is 250 cm³/mol. The highest BCUT2D eigenvalue weighted by atomic mass is 16.5. The van der Waals surface area contributed by atoms with Crippen LogP contribution in [0.25, 0.3) is 11.5 Å². The van der Waals surface area contributed by atoms with Crippen molar-refractivity contribution in [2.75, 3.05) is 56.9 Å². The highest BCUT2D eigenvalue weighted by molar-refractivity contribution is 6.06. The highest BCUT2D eigenvalue weighted by Crippen LogP contribution is 2.32. The van der Waals surface area contributed by atoms with Crippen LogP contribution in [0.2, 0.25) is 0 Å². The lowest BCUT2D eigenvalue weighted by molar-refractivity contribution is -0.137. The summed E-state index contributed by atoms with van der Waals surface area (Å²) in [4.78, 5) is 72.4. The first-order chi connectivity index (χ1) is 33.1. The standard InChI is InChI=1S/C49H58N10O9/c1-33(53-47(62)35-9-7-10-36(29-35)51-30-43-56-57-46(58(43)2)41-19-21-50-32-52-41)34-13-15-37(16-14-34)68-23-6-4-3-5-22-65-25-27-67-28-26-66-24-20-45(61)54-40-12-8-11-38-39(40)31-59(49(38)64)42-17-18-44(60)55-48(42)63/h7-16,19,21,29,32-33,42,51H,3-6,17-18,20,22-28,30-31H2,1-2H3,(H,53,62)(H,54,61)(H,55,60,63)/t33-,42?/m1/s1. The molecule has 19 heteroatoms. The zero-order valence-electron chi connectivity index (χ0n) is 38.4. The summed E-state index contributed by atoms with van der Waals surface area (Å²) in [6.45, 7) is 5.66. The van der Waals surface area contributed by atoms with Crippen LogP contribution in [0, 0.1) is 0 Å². The number of unbranched alkanes of at least 4 members (excludes halogenated alkanes) is 3. The van der Waals surface area contributed by atoms with E-state index in [-0.39, 0.29) is 62.1 Å². The number of ether oxygens (including phenoxy) is 4. The molecule has 2 atom stereocenters. The first-order valence-corrected chi connectivity index (χ1v) is 23.0. The molecular formula is C49H58N10O9. The molecule has 19 nitrogen and oxygen atoms in total. The van der Waals surface area contributed by atoms with Gasteiger partial charge < -0.3 is 44.4 Å². The highest BCUT2D eigenvalue weighted by Gasteiger charge is 2.40. The molecule has 0 saturated carbocycles. The second kappa shape index (κ2) is 24.6. The number of nitrogens with one attached hydrogen (secondary N) is 4. The van der Waals surface area contributed by atoms with Crippen molar-refractivity contribution in [3.63, 3.8) is 0 Å². The smallest absolute Gasteiger partial charge is 0.255 e. The van der Waals surface area contributed by atoms with E-state index in [1.165, 1.54) is 11.2 Å². The average Bonchev–Trinajstić information content (AvgIpc) is 3.89. The third-order valence-electron chi connectivity index (χ3n) is 11.6. The Hall–Kier alpha value is -7.09. The summed E-state index contributed by atoms with van der Waals surface area (Å²) < 4.78 is 24.7. The number of amides is 5. The third kappa shape index (κ3) is 13.5. The Morgan fingerprint density at radius 1 is 0.853 bits per heavy atom. The molecule has 1 fully saturated rings. The Morgan fingerprint density at radius 3 is 2.37 bits per heavy atom. The van der Waals surface area contributed by atoms with Gasteiger partial charge in [-0.15, -0.1) is 10.2 Å². The van der Waals surface area contributed by atoms with Gasteiger partial charge in [-0.05, 0) is 86.7 Å². The van der Waals surface area contributed by atoms with Gasteiger partial charge in [0.1, 0.15) is 23.8 Å². The van der Waals surface area contributed by atoms with Crippen LogP contribution in [-0.4, -0.2) is 111 Å². The molecule has 0 bridgehead atoms. The van der Waals surface area contributed by atoms with Gasteiger partial charge in [0.15, 0.2) is 11.6 Å². The molecule has 2 aliphatic rings. The Balaban J connectivity index is 0.673. The number of imide groups is 1. The number of carbonyl (C=O) groups is 5. The van der Waals surface area contributed by atoms with Crippen molar-refractivity contribution in [3.8, 4) is 17.3 Å². The Kier molecular flexibility index (Phi) is 17.7. The lowest BCUT2D eigenvalue weighted by Crippen LogP contribution is -2.52. The summed E-state index contributed by atoms with van der Waals surface area (Å²) in [5, 5.41) is 20.1. The zero-order chi connectivity index (χ0) is 47.7. The fourth-order valence-corrected chi connectivity index (χ4v) is 7.80. The number of nitrogens with zero attached hydrogens (tertiary/aromatic N) is 6. The molecule has 7 rings (SSSR count). The molecule has 4 heterocycles. The number of fused-ring (bicyclic) bond motifs is 1. The molecular weight excluding hydrogens is 873 g/mol. The van der Waals surface area contributed by atoms with Crippen molar-refractivity contribution in [1.82, 2.24) is 40.3 Å². The van der Waals surface area contributed by atoms with Gasteiger partial charge in [0.25, 0.3) is 11.8 Å². The lowest BCUT2D eigenvalue weighted by atomic mass is 10.0. The van der Waals surface area contributed by atoms with Crippen molar-refractivity contribution >= 4 is 40.9 Å². The SMILES string of the molecule is C[C@@H](NC(=O)c1cccc(NCc2nnc(-c3ccncn3)n2C)c1)c1ccc(OCCCCCCOCCOCCOCCC(=O)Nc2cccc3c2CN(C2CCC(=O)NC2=O)C3=O)cc1. The molecule has 2 aromatic heterocycles. The molecule has 3 aromatic carbocycles. The van der Waals surface area contributed by atoms with Gasteiger partial charge in [0.05, 0.1) is 58.6 Å². The van der Waals surface area contributed by atoms with Gasteiger partial charge >= 0.3 is 0 Å². The summed E-state index contributed by atoms with van der Waals surface area (Å²) in [7, 11) is 1.88. The number of hydrogen-bond acceptors (Lipinski definition) is 14. The molecule has 1 saturated heterocycles. The maximum atomic E-state index is 13.2. The van der Waals surface area contributed by atoms with Crippen LogP contribution in [0.3, 0.4) is 0 Å². The van der Waals surface area contributed by atoms with Gasteiger partial charge in [0.2, 0.25) is 17.7 Å². The van der Waals surface area contributed by atoms with Crippen LogP contribution in [0.1, 0.15) is 95.6 Å². The first kappa shape index (κ1) is 48.8. The maximum Gasteiger partial charge on any atom is 0.255 e. The van der Waals surface area contributed by atoms with E-state index >= 15 is 0 Å². The molecule has 0 aliphatic carbocycles. The fraction of sp³-hybridized carbons (Fsp3) is 0.408. The van der Waals surface area contributed by atoms with E-state index in [9.17, 15) is 24.0 Å². The quantitative estimate of drug-likeness (QED) is 0.0415. The Bertz CT molecular complexity index is 2500. The minimum Gasteiger partial charge on any atom is -0.494 e. The largest absolute Gasteiger partial charge is 0.494 e. The Labute approximate surface area is 394 Å². The van der Waals surface area contributed by atoms with Gasteiger partial charge in [-0.1, -0.05) is 30.7 Å². The third-order valence-corrected chi connectivity index (χ3v) is 11.6. The monoisotopic (exact) mass is 930 g/mol. The van der Waals surface area contributed by atoms with Crippen LogP contribution in [0.4, 0.5) is 11.4 Å². The average molecular weight is 931 g/mol. The summed E-state index contributed by atoms with van der Waals surface area (Å²) in [6.07, 6.45) is 7.62. The summed E-state index contributed by atoms with van der Waals surface area (Å²) >= 11 is 0. The van der Waals surface area contributed by atoms with Gasteiger partial charge in [0, 0.05) is 60.9 Å². The van der Waals surface area contributed by atoms with Crippen LogP contribution < -0.4 is 26.0 Å². The normalized spacial score (nSPS) is 14.9. The number of anilines is 2. The van der Waals surface area contributed by atoms with E-state index < -0.39 is 11.9 Å². The van der Waals surface area contributed by atoms with E-state index in [4.69, 9.17) is 18.9 Å². The van der Waals surface area contributed by atoms with E-state index in [1.807, 2.05) is 61.0 Å². The number of carbonyl (C=O) groups excluding carboxylic acids is 5. The van der Waals surface area contributed by atoms with Crippen molar-refractivity contribution in [2.24, 2.45) is 7.05 Å². The van der Waals surface area contributed by atoms with Crippen LogP contribution >= 0.6 is 0 Å². The van der Waals surface area contributed by atoms with Crippen LogP contribution in [0.15, 0.2) is 85.3 Å². The molecule has 4 N–H and O–H groups in total. The Morgan fingerprint density at radius 2 is 1.60 bits per heavy atom. The van der Waals surface area contributed by atoms with Gasteiger partial charge in [-0.2, -0.15) is 0 Å². The van der Waals surface area contributed by atoms with Gasteiger partial charge in [-0.25, -0.2) is 9.97 Å². The van der Waals surface area contributed by atoms with Crippen molar-refractivity contribution < 1.29 is 42.9 Å². The second-order valence-corrected chi connectivity index (χ2v) is 16.4. The molecule has 358 valence electrons. The lowest BCUT2D eigenvalue weighted by Gasteiger charge is -2.29. The minimum atomic E-state index is -0.723. The molecule has 0 spiro atoms. The molecule has 68 heavy (non-hydrogen) atoms. The van der Waals surface area contributed by atoms with Crippen LogP contribution in [-0.2, 0) is 48.7 Å². The number of aromatic nitrogens is 5. The topological polar surface area (TPSA) is 230 Å². The molecule has 1 unspecified atom stereocenters. The van der Waals surface area contributed by atoms with E-state index in [0.29, 0.717) is 80.1 Å². The van der Waals surface area contributed by atoms with E-state index in [1.54, 1.807) is 36.5 Å². The number of rotatable bonds is 26. The predicted octanol–water partition coefficient (Wildman–Crippen LogP) is 5.15. The second-order valence-electron chi connectivity index (χ2n) is 16.4. The number of hydrogen-bond donors (Lipinski definition) is 4. The fourth-order valence-electron chi connectivity index (χ4n) is 7.80. The molecule has 0 radical (unpaired) electrons. The van der Waals surface area contributed by atoms with E-state index in [0.717, 1.165) is 48.5 Å². The zero-order valence-corrected chi connectivity index (χ0v) is 38.4. The molecule has 5 aromatic rings. The molecule has 2 aliphatic heterocycles. The summed E-state index contributed by atoms with van der Waals surface area (Å²) in [6, 6.07) is 21.1. The maximum absolute atomic E-state index is 13.2. The minimum absolute atomic E-state index is 0.123. The number of benzene rings is 3. The van der Waals surface area contributed by atoms with Crippen LogP contribution in [0.5, 0.6) is 5.75 Å². The molecule has 5 amide bonds. The van der Waals surface area contributed by atoms with Crippen molar-refractivity contribution in [1.29, 1.82) is 0 Å². The van der Waals surface area contributed by atoms with Crippen molar-refractivity contribution in [2.45, 2.75) is 77.0 Å². The summed E-state index contributed by atoms with van der Waals surface area (Å²) in [5.74, 6) is 0.593. The van der Waals surface area contributed by atoms with Gasteiger partial charge in [-0.3, -0.25) is 29.3 Å².